The maximum atomic E-state index is 9.23. The van der Waals surface area contributed by atoms with E-state index in [1.54, 1.807) is 29.8 Å². The zero-order chi connectivity index (χ0) is 58.6. The van der Waals surface area contributed by atoms with Crippen LogP contribution in [0.25, 0.3) is 55.9 Å². The first-order valence-corrected chi connectivity index (χ1v) is 24.4. The summed E-state index contributed by atoms with van der Waals surface area (Å²) in [4.78, 5) is 13.7. The predicted octanol–water partition coefficient (Wildman–Crippen LogP) is 14.0. The molecule has 0 amide bonds. The van der Waals surface area contributed by atoms with Crippen LogP contribution in [0.5, 0.6) is 34.5 Å². The SMILES string of the molecule is [2H]c1c([2H])c([2H])c(-c2cccc(-c3c([2H])c([2H])c([2H])c([2H])c3[2H])c2N2[CH-]N(c3[c-]c(Oc4[c-]c5c(cc4)n4c6ccccc6nc4n5-c4cc(C(C)(C)C)ccn4)c4c(c3)Oc3cccc5c3B4c3ccccc3O5)c3ccccc32)c([2H])c1[2H].[Pt]. The monoisotopic (exact) mass is 1170 g/mol. The van der Waals surface area contributed by atoms with Gasteiger partial charge in [0.15, 0.2) is 6.71 Å². The number of ether oxygens (including phenoxy) is 3. The van der Waals surface area contributed by atoms with Gasteiger partial charge in [-0.05, 0) is 98.7 Å². The number of hydrogen-bond donors (Lipinski definition) is 0. The molecule has 0 spiro atoms. The van der Waals surface area contributed by atoms with Crippen LogP contribution in [0.15, 0.2) is 206 Å². The van der Waals surface area contributed by atoms with Gasteiger partial charge in [0, 0.05) is 72.7 Å². The normalized spacial score (nSPS) is 15.0. The Morgan fingerprint density at radius 3 is 2.04 bits per heavy atom. The quantitative estimate of drug-likeness (QED) is 0.116. The van der Waals surface area contributed by atoms with Gasteiger partial charge in [-0.15, -0.1) is 37.0 Å². The average molecular weight is 1170 g/mol. The van der Waals surface area contributed by atoms with Crippen molar-refractivity contribution in [3.05, 3.63) is 231 Å². The van der Waals surface area contributed by atoms with Crippen molar-refractivity contribution in [1.82, 2.24) is 18.9 Å². The largest absolute Gasteiger partial charge is 0.509 e. The fraction of sp³-hybridized carbons (Fsp3) is 0.0615. The Balaban J connectivity index is 0.00000653. The molecule has 0 unspecified atom stereocenters. The van der Waals surface area contributed by atoms with Gasteiger partial charge in [0.1, 0.15) is 23.1 Å². The Morgan fingerprint density at radius 2 is 1.29 bits per heavy atom. The van der Waals surface area contributed by atoms with E-state index >= 15 is 0 Å². The smallest absolute Gasteiger partial charge is 0.208 e. The molecule has 0 saturated heterocycles. The van der Waals surface area contributed by atoms with Crippen molar-refractivity contribution in [3.8, 4) is 62.6 Å². The zero-order valence-corrected chi connectivity index (χ0v) is 43.0. The minimum absolute atomic E-state index is 0. The van der Waals surface area contributed by atoms with Crippen molar-refractivity contribution >= 4 is 73.7 Å². The molecule has 0 saturated carbocycles. The Morgan fingerprint density at radius 1 is 0.632 bits per heavy atom. The molecule has 0 atom stereocenters. The van der Waals surface area contributed by atoms with E-state index in [1.807, 2.05) is 131 Å². The van der Waals surface area contributed by atoms with Crippen LogP contribution in [-0.2, 0) is 26.5 Å². The molecule has 0 radical (unpaired) electrons. The molecule has 3 aromatic heterocycles. The van der Waals surface area contributed by atoms with Crippen LogP contribution in [0.1, 0.15) is 40.0 Å². The molecule has 0 aliphatic carbocycles. The summed E-state index contributed by atoms with van der Waals surface area (Å²) < 4.78 is 114. The Hall–Kier alpha value is -8.85. The van der Waals surface area contributed by atoms with Gasteiger partial charge in [-0.2, -0.15) is 0 Å². The summed E-state index contributed by atoms with van der Waals surface area (Å²) in [5, 5.41) is 0. The molecule has 6 heterocycles. The van der Waals surface area contributed by atoms with Crippen LogP contribution in [0, 0.1) is 18.8 Å². The molecule has 0 bridgehead atoms. The number of anilines is 4. The van der Waals surface area contributed by atoms with E-state index in [1.165, 1.54) is 0 Å². The first kappa shape index (κ1) is 36.2. The molecule has 11 heteroatoms. The molecule has 0 fully saturated rings. The van der Waals surface area contributed by atoms with Gasteiger partial charge in [-0.3, -0.25) is 4.57 Å². The van der Waals surface area contributed by atoms with Gasteiger partial charge in [-0.1, -0.05) is 159 Å². The first-order valence-electron chi connectivity index (χ1n) is 29.4. The molecule has 15 rings (SSSR count). The van der Waals surface area contributed by atoms with E-state index in [-0.39, 0.29) is 60.2 Å². The van der Waals surface area contributed by atoms with E-state index in [0.29, 0.717) is 68.4 Å². The Bertz CT molecular complexity index is 4770. The van der Waals surface area contributed by atoms with Crippen molar-refractivity contribution in [3.63, 3.8) is 0 Å². The summed E-state index contributed by atoms with van der Waals surface area (Å²) >= 11 is 0. The van der Waals surface area contributed by atoms with Crippen molar-refractivity contribution in [2.75, 3.05) is 9.80 Å². The molecule has 368 valence electrons. The second-order valence-corrected chi connectivity index (χ2v) is 19.5. The van der Waals surface area contributed by atoms with E-state index in [2.05, 4.69) is 43.4 Å². The molecule has 76 heavy (non-hydrogen) atoms. The number of pyridine rings is 1. The number of rotatable bonds is 7. The summed E-state index contributed by atoms with van der Waals surface area (Å²) in [6.45, 7) is 7.74. The van der Waals surface area contributed by atoms with Crippen molar-refractivity contribution < 1.29 is 49.0 Å². The fourth-order valence-electron chi connectivity index (χ4n) is 10.8. The van der Waals surface area contributed by atoms with Crippen LogP contribution < -0.4 is 40.4 Å². The van der Waals surface area contributed by atoms with Crippen molar-refractivity contribution in [1.29, 1.82) is 0 Å². The van der Waals surface area contributed by atoms with Crippen LogP contribution in [-0.4, -0.2) is 25.6 Å². The molecule has 0 N–H and O–H groups in total. The number of para-hydroxylation sites is 6. The summed E-state index contributed by atoms with van der Waals surface area (Å²) in [5.41, 5.74) is 8.09. The molecular weight excluding hydrogens is 1120 g/mol. The number of benzene rings is 9. The van der Waals surface area contributed by atoms with Gasteiger partial charge in [-0.25, -0.2) is 9.97 Å². The minimum Gasteiger partial charge on any atom is -0.509 e. The van der Waals surface area contributed by atoms with Gasteiger partial charge in [0.25, 0.3) is 0 Å². The third-order valence-electron chi connectivity index (χ3n) is 14.1. The molecular formula is C65H44BN6O3Pt-3. The minimum atomic E-state index is -0.587. The predicted molar refractivity (Wildman–Crippen MR) is 300 cm³/mol. The van der Waals surface area contributed by atoms with Crippen LogP contribution >= 0.6 is 0 Å². The molecule has 12 aromatic rings. The van der Waals surface area contributed by atoms with Crippen LogP contribution in [0.3, 0.4) is 0 Å². The molecule has 9 nitrogen and oxygen atoms in total. The third kappa shape index (κ3) is 7.19. The standard InChI is InChI=1S/C65H44BN6O3.Pt/c1-65(2,3)43-34-35-67-60(36-43)72-54-39-45(32-33-53(54)71-50-26-12-11-25-49(50)68-64(71)72)73-58-37-44(38-59-62(58)66-48-24-10-15-29-55(48)74-56-30-17-31-57(75-59)61(56)66)69-40-70(52-28-14-13-27-51(52)69)63-46(41-18-6-4-7-19-41)22-16-23-47(63)42-20-8-5-9-21-42;/h4-36,38,40H,1-3H3;/q-3;/i4D,5D,6D,7D,8D,9D,18D,19D,20D,21D;. The summed E-state index contributed by atoms with van der Waals surface area (Å²) in [6.07, 6.45) is 1.81. The van der Waals surface area contributed by atoms with Gasteiger partial charge < -0.3 is 28.4 Å². The molecule has 3 aliphatic rings. The second kappa shape index (κ2) is 17.6. The number of fused-ring (bicyclic) bond motifs is 10. The van der Waals surface area contributed by atoms with Crippen molar-refractivity contribution in [2.24, 2.45) is 0 Å². The van der Waals surface area contributed by atoms with Gasteiger partial charge in [0.2, 0.25) is 5.78 Å². The maximum absolute atomic E-state index is 9.23. The van der Waals surface area contributed by atoms with Gasteiger partial charge in [0.05, 0.1) is 24.7 Å². The van der Waals surface area contributed by atoms with Crippen molar-refractivity contribution in [2.45, 2.75) is 26.2 Å². The topological polar surface area (TPSA) is 69.3 Å². The number of hydrogen-bond acceptors (Lipinski definition) is 7. The number of imidazole rings is 2. The number of nitrogens with zero attached hydrogens (tertiary/aromatic N) is 6. The maximum Gasteiger partial charge on any atom is 0.208 e. The summed E-state index contributed by atoms with van der Waals surface area (Å²) in [7, 11) is 0. The molecule has 9 aromatic carbocycles. The molecule has 3 aliphatic heterocycles. The van der Waals surface area contributed by atoms with Gasteiger partial charge >= 0.3 is 0 Å². The Kier molecular flexibility index (Phi) is 8.39. The van der Waals surface area contributed by atoms with Crippen LogP contribution in [0.4, 0.5) is 22.7 Å². The average Bonchev–Trinajstić information content (AvgIpc) is 1.23. The third-order valence-corrected chi connectivity index (χ3v) is 14.1. The van der Waals surface area contributed by atoms with Crippen LogP contribution in [0.2, 0.25) is 0 Å². The first-order chi connectivity index (χ1) is 41.0. The van der Waals surface area contributed by atoms with E-state index in [0.717, 1.165) is 33.0 Å². The van der Waals surface area contributed by atoms with E-state index in [4.69, 9.17) is 32.4 Å². The fourth-order valence-corrected chi connectivity index (χ4v) is 10.8. The Labute approximate surface area is 468 Å². The second-order valence-electron chi connectivity index (χ2n) is 19.5. The van der Waals surface area contributed by atoms with E-state index in [9.17, 15) is 5.48 Å². The summed E-state index contributed by atoms with van der Waals surface area (Å²) in [5.74, 6) is 4.21. The van der Waals surface area contributed by atoms with E-state index < -0.39 is 67.1 Å². The zero-order valence-electron chi connectivity index (χ0n) is 50.7. The summed E-state index contributed by atoms with van der Waals surface area (Å²) in [6, 6.07) is 45.4. The number of aromatic nitrogens is 4.